The molecular weight excluding hydrogens is 160 g/mol. The van der Waals surface area contributed by atoms with Crippen molar-refractivity contribution < 1.29 is 0 Å². The molecule has 0 saturated carbocycles. The second-order valence-corrected chi connectivity index (χ2v) is 3.45. The van der Waals surface area contributed by atoms with Crippen molar-refractivity contribution in [3.05, 3.63) is 23.8 Å². The van der Waals surface area contributed by atoms with Gasteiger partial charge < -0.3 is 10.2 Å². The van der Waals surface area contributed by atoms with E-state index in [9.17, 15) is 0 Å². The first-order chi connectivity index (χ1) is 6.15. The van der Waals surface area contributed by atoms with Gasteiger partial charge in [0.05, 0.1) is 11.4 Å². The van der Waals surface area contributed by atoms with Crippen LogP contribution in [0.5, 0.6) is 0 Å². The van der Waals surface area contributed by atoms with E-state index in [0.717, 1.165) is 6.54 Å². The summed E-state index contributed by atoms with van der Waals surface area (Å²) in [6.07, 6.45) is 0. The lowest BCUT2D eigenvalue weighted by molar-refractivity contribution is 1.11. The maximum absolute atomic E-state index is 3.34. The minimum atomic E-state index is 0.962. The Bertz CT molecular complexity index is 279. The fourth-order valence-electron chi connectivity index (χ4n) is 1.35. The SMILES string of the molecule is CCNc1ccc(C)cc1N(C)C. The standard InChI is InChI=1S/C11H18N2/c1-5-12-10-7-6-9(2)8-11(10)13(3)4/h6-8,12H,5H2,1-4H3. The lowest BCUT2D eigenvalue weighted by atomic mass is 10.2. The number of aryl methyl sites for hydroxylation is 1. The Morgan fingerprint density at radius 2 is 2.00 bits per heavy atom. The van der Waals surface area contributed by atoms with E-state index >= 15 is 0 Å². The molecule has 0 aliphatic rings. The van der Waals surface area contributed by atoms with E-state index in [-0.39, 0.29) is 0 Å². The number of hydrogen-bond donors (Lipinski definition) is 1. The van der Waals surface area contributed by atoms with E-state index in [1.807, 2.05) is 0 Å². The summed E-state index contributed by atoms with van der Waals surface area (Å²) in [5.41, 5.74) is 3.75. The third-order valence-electron chi connectivity index (χ3n) is 2.00. The zero-order valence-electron chi connectivity index (χ0n) is 8.89. The molecule has 0 amide bonds. The van der Waals surface area contributed by atoms with Gasteiger partial charge in [0.15, 0.2) is 0 Å². The van der Waals surface area contributed by atoms with E-state index in [4.69, 9.17) is 0 Å². The van der Waals surface area contributed by atoms with Crippen molar-refractivity contribution in [2.75, 3.05) is 30.9 Å². The topological polar surface area (TPSA) is 15.3 Å². The Morgan fingerprint density at radius 3 is 2.54 bits per heavy atom. The van der Waals surface area contributed by atoms with E-state index in [1.165, 1.54) is 16.9 Å². The average Bonchev–Trinajstić information content (AvgIpc) is 2.08. The molecule has 0 bridgehead atoms. The van der Waals surface area contributed by atoms with Gasteiger partial charge in [0.2, 0.25) is 0 Å². The molecule has 72 valence electrons. The molecule has 1 aromatic rings. The van der Waals surface area contributed by atoms with Gasteiger partial charge in [-0.15, -0.1) is 0 Å². The summed E-state index contributed by atoms with van der Waals surface area (Å²) >= 11 is 0. The van der Waals surface area contributed by atoms with Crippen LogP contribution in [0, 0.1) is 6.92 Å². The van der Waals surface area contributed by atoms with E-state index in [2.05, 4.69) is 56.4 Å². The number of rotatable bonds is 3. The summed E-state index contributed by atoms with van der Waals surface area (Å²) in [5, 5.41) is 3.34. The molecule has 13 heavy (non-hydrogen) atoms. The fourth-order valence-corrected chi connectivity index (χ4v) is 1.35. The molecule has 2 nitrogen and oxygen atoms in total. The van der Waals surface area contributed by atoms with Gasteiger partial charge in [-0.3, -0.25) is 0 Å². The zero-order valence-corrected chi connectivity index (χ0v) is 8.89. The van der Waals surface area contributed by atoms with Gasteiger partial charge in [-0.2, -0.15) is 0 Å². The highest BCUT2D eigenvalue weighted by molar-refractivity contribution is 5.70. The van der Waals surface area contributed by atoms with Crippen LogP contribution in [0.4, 0.5) is 11.4 Å². The van der Waals surface area contributed by atoms with Crippen molar-refractivity contribution in [1.82, 2.24) is 0 Å². The van der Waals surface area contributed by atoms with Crippen molar-refractivity contribution in [3.63, 3.8) is 0 Å². The lowest BCUT2D eigenvalue weighted by Crippen LogP contribution is -2.12. The first kappa shape index (κ1) is 9.90. The minimum absolute atomic E-state index is 0.962. The van der Waals surface area contributed by atoms with E-state index in [0.29, 0.717) is 0 Å². The molecular formula is C11H18N2. The highest BCUT2D eigenvalue weighted by Crippen LogP contribution is 2.24. The molecule has 0 heterocycles. The Labute approximate surface area is 80.6 Å². The molecule has 0 saturated heterocycles. The first-order valence-corrected chi connectivity index (χ1v) is 4.67. The van der Waals surface area contributed by atoms with Gasteiger partial charge in [-0.25, -0.2) is 0 Å². The molecule has 0 unspecified atom stereocenters. The van der Waals surface area contributed by atoms with E-state index in [1.54, 1.807) is 0 Å². The van der Waals surface area contributed by atoms with Crippen molar-refractivity contribution in [2.45, 2.75) is 13.8 Å². The Hall–Kier alpha value is -1.18. The van der Waals surface area contributed by atoms with Crippen LogP contribution < -0.4 is 10.2 Å². The van der Waals surface area contributed by atoms with Crippen LogP contribution in [0.15, 0.2) is 18.2 Å². The van der Waals surface area contributed by atoms with Gasteiger partial charge in [0, 0.05) is 20.6 Å². The molecule has 0 radical (unpaired) electrons. The Morgan fingerprint density at radius 1 is 1.31 bits per heavy atom. The minimum Gasteiger partial charge on any atom is -0.384 e. The summed E-state index contributed by atoms with van der Waals surface area (Å²) < 4.78 is 0. The molecule has 0 aliphatic carbocycles. The Balaban J connectivity index is 3.03. The fraction of sp³-hybridized carbons (Fsp3) is 0.455. The van der Waals surface area contributed by atoms with Crippen LogP contribution in [-0.4, -0.2) is 20.6 Å². The summed E-state index contributed by atoms with van der Waals surface area (Å²) in [4.78, 5) is 2.13. The van der Waals surface area contributed by atoms with Gasteiger partial charge in [-0.05, 0) is 31.5 Å². The molecule has 0 fully saturated rings. The predicted octanol–water partition coefficient (Wildman–Crippen LogP) is 2.49. The molecule has 0 aromatic heterocycles. The van der Waals surface area contributed by atoms with Gasteiger partial charge in [0.25, 0.3) is 0 Å². The molecule has 2 heteroatoms. The van der Waals surface area contributed by atoms with Crippen LogP contribution in [0.25, 0.3) is 0 Å². The summed E-state index contributed by atoms with van der Waals surface area (Å²) in [6.45, 7) is 5.19. The van der Waals surface area contributed by atoms with Crippen LogP contribution in [0.2, 0.25) is 0 Å². The van der Waals surface area contributed by atoms with E-state index < -0.39 is 0 Å². The molecule has 1 rings (SSSR count). The third kappa shape index (κ3) is 2.38. The van der Waals surface area contributed by atoms with Crippen LogP contribution >= 0.6 is 0 Å². The number of hydrogen-bond acceptors (Lipinski definition) is 2. The smallest absolute Gasteiger partial charge is 0.0599 e. The maximum atomic E-state index is 3.34. The number of anilines is 2. The molecule has 0 aliphatic heterocycles. The summed E-state index contributed by atoms with van der Waals surface area (Å²) in [6, 6.07) is 6.46. The first-order valence-electron chi connectivity index (χ1n) is 4.67. The number of nitrogens with zero attached hydrogens (tertiary/aromatic N) is 1. The number of nitrogens with one attached hydrogen (secondary N) is 1. The second kappa shape index (κ2) is 4.17. The monoisotopic (exact) mass is 178 g/mol. The van der Waals surface area contributed by atoms with Crippen molar-refractivity contribution in [2.24, 2.45) is 0 Å². The molecule has 1 N–H and O–H groups in total. The normalized spacial score (nSPS) is 9.85. The number of benzene rings is 1. The lowest BCUT2D eigenvalue weighted by Gasteiger charge is -2.18. The summed E-state index contributed by atoms with van der Waals surface area (Å²) in [5.74, 6) is 0. The molecule has 0 spiro atoms. The Kier molecular flexibility index (Phi) is 3.18. The maximum Gasteiger partial charge on any atom is 0.0599 e. The van der Waals surface area contributed by atoms with Gasteiger partial charge in [-0.1, -0.05) is 6.07 Å². The quantitative estimate of drug-likeness (QED) is 0.765. The van der Waals surface area contributed by atoms with Crippen molar-refractivity contribution in [3.8, 4) is 0 Å². The molecule has 1 aromatic carbocycles. The largest absolute Gasteiger partial charge is 0.384 e. The van der Waals surface area contributed by atoms with Crippen LogP contribution in [-0.2, 0) is 0 Å². The van der Waals surface area contributed by atoms with Gasteiger partial charge >= 0.3 is 0 Å². The molecule has 0 atom stereocenters. The van der Waals surface area contributed by atoms with Crippen molar-refractivity contribution >= 4 is 11.4 Å². The third-order valence-corrected chi connectivity index (χ3v) is 2.00. The van der Waals surface area contributed by atoms with Gasteiger partial charge in [0.1, 0.15) is 0 Å². The predicted molar refractivity (Wildman–Crippen MR) is 59.7 cm³/mol. The zero-order chi connectivity index (χ0) is 9.84. The summed E-state index contributed by atoms with van der Waals surface area (Å²) in [7, 11) is 4.13. The highest BCUT2D eigenvalue weighted by Gasteiger charge is 2.02. The highest BCUT2D eigenvalue weighted by atomic mass is 15.1. The average molecular weight is 178 g/mol. The second-order valence-electron chi connectivity index (χ2n) is 3.45. The van der Waals surface area contributed by atoms with Crippen LogP contribution in [0.3, 0.4) is 0 Å². The van der Waals surface area contributed by atoms with Crippen LogP contribution in [0.1, 0.15) is 12.5 Å². The van der Waals surface area contributed by atoms with Crippen molar-refractivity contribution in [1.29, 1.82) is 0 Å².